The number of rotatable bonds is 4. The van der Waals surface area contributed by atoms with Crippen molar-refractivity contribution in [2.24, 2.45) is 0 Å². The van der Waals surface area contributed by atoms with Gasteiger partial charge in [-0.2, -0.15) is 0 Å². The summed E-state index contributed by atoms with van der Waals surface area (Å²) in [6.07, 6.45) is 2.98. The van der Waals surface area contributed by atoms with E-state index in [2.05, 4.69) is 0 Å². The number of furan rings is 1. The molecule has 0 fully saturated rings. The zero-order valence-electron chi connectivity index (χ0n) is 14.6. The Labute approximate surface area is 141 Å². The number of hydrogen-bond acceptors (Lipinski definition) is 4. The topological polar surface area (TPSA) is 61.4 Å². The lowest BCUT2D eigenvalue weighted by Crippen LogP contribution is -2.27. The molecule has 0 aliphatic carbocycles. The molecule has 3 heterocycles. The number of esters is 1. The number of ketones is 1. The molecule has 0 N–H and O–H groups in total. The fourth-order valence-corrected chi connectivity index (χ4v) is 3.41. The van der Waals surface area contributed by atoms with Gasteiger partial charge in [-0.1, -0.05) is 0 Å². The molecule has 128 valence electrons. The van der Waals surface area contributed by atoms with Gasteiger partial charge >= 0.3 is 5.97 Å². The summed E-state index contributed by atoms with van der Waals surface area (Å²) in [7, 11) is 0. The Morgan fingerprint density at radius 2 is 2.04 bits per heavy atom. The molecule has 0 spiro atoms. The smallest absolute Gasteiger partial charge is 0.315 e. The number of ether oxygens (including phenoxy) is 1. The molecule has 1 unspecified atom stereocenters. The Morgan fingerprint density at radius 3 is 2.67 bits per heavy atom. The number of nitrogens with zero attached hydrogens (tertiary/aromatic N) is 1. The van der Waals surface area contributed by atoms with E-state index < -0.39 is 0 Å². The van der Waals surface area contributed by atoms with Crippen LogP contribution in [0.15, 0.2) is 22.8 Å². The number of fused-ring (bicyclic) bond motifs is 1. The van der Waals surface area contributed by atoms with Gasteiger partial charge in [-0.05, 0) is 63.8 Å². The van der Waals surface area contributed by atoms with E-state index in [1.165, 1.54) is 6.26 Å². The van der Waals surface area contributed by atoms with Gasteiger partial charge in [-0.15, -0.1) is 0 Å². The number of aromatic nitrogens is 1. The van der Waals surface area contributed by atoms with Crippen molar-refractivity contribution in [2.75, 3.05) is 0 Å². The van der Waals surface area contributed by atoms with Gasteiger partial charge in [0.05, 0.1) is 24.0 Å². The number of carbonyl (C=O) groups is 2. The molecule has 5 nitrogen and oxygen atoms in total. The molecule has 0 bridgehead atoms. The Hall–Kier alpha value is -2.30. The molecule has 2 aromatic rings. The van der Waals surface area contributed by atoms with Crippen LogP contribution in [-0.2, 0) is 16.1 Å². The molecule has 1 aliphatic heterocycles. The van der Waals surface area contributed by atoms with Gasteiger partial charge < -0.3 is 13.7 Å². The highest BCUT2D eigenvalue weighted by atomic mass is 16.5. The summed E-state index contributed by atoms with van der Waals surface area (Å²) in [5.41, 5.74) is 3.18. The van der Waals surface area contributed by atoms with Crippen molar-refractivity contribution >= 4 is 11.8 Å². The SMILES string of the molecule is Cc1ccoc1C(=O)c1c(C)cc2n1CCCC2C(=O)OC(C)C. The summed E-state index contributed by atoms with van der Waals surface area (Å²) >= 11 is 0. The van der Waals surface area contributed by atoms with Crippen LogP contribution < -0.4 is 0 Å². The predicted molar refractivity (Wildman–Crippen MR) is 89.2 cm³/mol. The molecule has 1 aliphatic rings. The van der Waals surface area contributed by atoms with E-state index in [1.807, 2.05) is 38.3 Å². The van der Waals surface area contributed by atoms with Gasteiger partial charge in [0.1, 0.15) is 0 Å². The highest BCUT2D eigenvalue weighted by molar-refractivity contribution is 6.08. The van der Waals surface area contributed by atoms with Crippen molar-refractivity contribution in [2.45, 2.75) is 59.1 Å². The third kappa shape index (κ3) is 2.79. The van der Waals surface area contributed by atoms with Crippen LogP contribution in [0, 0.1) is 13.8 Å². The van der Waals surface area contributed by atoms with E-state index in [0.717, 1.165) is 36.2 Å². The van der Waals surface area contributed by atoms with Crippen molar-refractivity contribution in [3.63, 3.8) is 0 Å². The highest BCUT2D eigenvalue weighted by Crippen LogP contribution is 2.34. The molecule has 1 atom stereocenters. The number of aryl methyl sites for hydroxylation is 2. The van der Waals surface area contributed by atoms with Gasteiger partial charge in [0.15, 0.2) is 5.76 Å². The molecule has 3 rings (SSSR count). The zero-order chi connectivity index (χ0) is 17.4. The van der Waals surface area contributed by atoms with Crippen LogP contribution in [0.25, 0.3) is 0 Å². The summed E-state index contributed by atoms with van der Waals surface area (Å²) in [5.74, 6) is -0.277. The molecule has 0 aromatic carbocycles. The maximum Gasteiger partial charge on any atom is 0.315 e. The average Bonchev–Trinajstić information content (AvgIpc) is 3.07. The lowest BCUT2D eigenvalue weighted by atomic mass is 9.96. The van der Waals surface area contributed by atoms with Crippen LogP contribution in [0.4, 0.5) is 0 Å². The third-order valence-corrected chi connectivity index (χ3v) is 4.47. The van der Waals surface area contributed by atoms with E-state index in [0.29, 0.717) is 11.5 Å². The summed E-state index contributed by atoms with van der Waals surface area (Å²) in [6.45, 7) is 8.19. The molecule has 0 saturated heterocycles. The van der Waals surface area contributed by atoms with E-state index in [9.17, 15) is 9.59 Å². The van der Waals surface area contributed by atoms with Crippen molar-refractivity contribution in [3.8, 4) is 0 Å². The van der Waals surface area contributed by atoms with Crippen LogP contribution in [-0.4, -0.2) is 22.4 Å². The quantitative estimate of drug-likeness (QED) is 0.633. The third-order valence-electron chi connectivity index (χ3n) is 4.47. The first-order valence-electron chi connectivity index (χ1n) is 8.39. The van der Waals surface area contributed by atoms with Crippen LogP contribution in [0.2, 0.25) is 0 Å². The fraction of sp³-hybridized carbons (Fsp3) is 0.474. The predicted octanol–water partition coefficient (Wildman–Crippen LogP) is 3.76. The first kappa shape index (κ1) is 16.6. The molecule has 24 heavy (non-hydrogen) atoms. The minimum absolute atomic E-state index is 0.126. The Morgan fingerprint density at radius 1 is 1.29 bits per heavy atom. The Kier molecular flexibility index (Phi) is 4.35. The van der Waals surface area contributed by atoms with Crippen molar-refractivity contribution in [1.29, 1.82) is 0 Å². The number of carbonyl (C=O) groups excluding carboxylic acids is 2. The summed E-state index contributed by atoms with van der Waals surface area (Å²) in [4.78, 5) is 25.3. The first-order valence-corrected chi connectivity index (χ1v) is 8.39. The normalized spacial score (nSPS) is 17.0. The molecule has 0 amide bonds. The second kappa shape index (κ2) is 6.30. The number of hydrogen-bond donors (Lipinski definition) is 0. The second-order valence-corrected chi connectivity index (χ2v) is 6.69. The maximum atomic E-state index is 12.9. The lowest BCUT2D eigenvalue weighted by Gasteiger charge is -2.25. The molecule has 5 heteroatoms. The largest absolute Gasteiger partial charge is 0.462 e. The maximum absolute atomic E-state index is 12.9. The molecular formula is C19H23NO4. The molecular weight excluding hydrogens is 306 g/mol. The van der Waals surface area contributed by atoms with Crippen LogP contribution in [0.3, 0.4) is 0 Å². The van der Waals surface area contributed by atoms with Crippen LogP contribution in [0.1, 0.15) is 65.7 Å². The first-order chi connectivity index (χ1) is 11.4. The second-order valence-electron chi connectivity index (χ2n) is 6.69. The lowest BCUT2D eigenvalue weighted by molar-refractivity contribution is -0.149. The van der Waals surface area contributed by atoms with Crippen LogP contribution >= 0.6 is 0 Å². The minimum atomic E-state index is -0.306. The van der Waals surface area contributed by atoms with E-state index >= 15 is 0 Å². The summed E-state index contributed by atoms with van der Waals surface area (Å²) < 4.78 is 12.7. The average molecular weight is 329 g/mol. The molecule has 0 saturated carbocycles. The minimum Gasteiger partial charge on any atom is -0.462 e. The standard InChI is InChI=1S/C19H23NO4/c1-11(2)24-19(22)14-6-5-8-20-15(14)10-13(4)16(20)17(21)18-12(3)7-9-23-18/h7,9-11,14H,5-6,8H2,1-4H3. The van der Waals surface area contributed by atoms with Crippen molar-refractivity contribution in [3.05, 3.63) is 46.7 Å². The van der Waals surface area contributed by atoms with E-state index in [-0.39, 0.29) is 23.8 Å². The van der Waals surface area contributed by atoms with E-state index in [4.69, 9.17) is 9.15 Å². The Balaban J connectivity index is 2.00. The van der Waals surface area contributed by atoms with Gasteiger partial charge in [-0.25, -0.2) is 0 Å². The monoisotopic (exact) mass is 329 g/mol. The fourth-order valence-electron chi connectivity index (χ4n) is 3.41. The molecule has 2 aromatic heterocycles. The van der Waals surface area contributed by atoms with Gasteiger partial charge in [0.2, 0.25) is 5.78 Å². The summed E-state index contributed by atoms with van der Waals surface area (Å²) in [6, 6.07) is 3.72. The van der Waals surface area contributed by atoms with Crippen molar-refractivity contribution in [1.82, 2.24) is 4.57 Å². The van der Waals surface area contributed by atoms with E-state index in [1.54, 1.807) is 6.07 Å². The van der Waals surface area contributed by atoms with Gasteiger partial charge in [0, 0.05) is 12.2 Å². The Bertz CT molecular complexity index is 781. The van der Waals surface area contributed by atoms with Gasteiger partial charge in [0.25, 0.3) is 0 Å². The van der Waals surface area contributed by atoms with Gasteiger partial charge in [-0.3, -0.25) is 9.59 Å². The summed E-state index contributed by atoms with van der Waals surface area (Å²) in [5, 5.41) is 0. The molecule has 0 radical (unpaired) electrons. The zero-order valence-corrected chi connectivity index (χ0v) is 14.6. The van der Waals surface area contributed by atoms with Crippen molar-refractivity contribution < 1.29 is 18.7 Å². The highest BCUT2D eigenvalue weighted by Gasteiger charge is 2.33. The van der Waals surface area contributed by atoms with Crippen LogP contribution in [0.5, 0.6) is 0 Å².